The Hall–Kier alpha value is -2.20. The van der Waals surface area contributed by atoms with Crippen LogP contribution in [0.5, 0.6) is 0 Å². The first-order valence-electron chi connectivity index (χ1n) is 11.1. The molecule has 0 spiro atoms. The molecular weight excluding hydrogens is 388 g/mol. The summed E-state index contributed by atoms with van der Waals surface area (Å²) in [7, 11) is -2.69. The van der Waals surface area contributed by atoms with Gasteiger partial charge in [-0.05, 0) is 33.7 Å². The van der Waals surface area contributed by atoms with Crippen molar-refractivity contribution in [3.63, 3.8) is 0 Å². The Labute approximate surface area is 182 Å². The van der Waals surface area contributed by atoms with Crippen LogP contribution in [0, 0.1) is 11.3 Å². The zero-order valence-corrected chi connectivity index (χ0v) is 19.9. The lowest BCUT2D eigenvalue weighted by atomic mass is 9.81. The molecule has 2 unspecified atom stereocenters. The third-order valence-corrected chi connectivity index (χ3v) is 11.8. The van der Waals surface area contributed by atoms with Crippen LogP contribution >= 0.6 is 0 Å². The van der Waals surface area contributed by atoms with Crippen molar-refractivity contribution in [2.24, 2.45) is 11.3 Å². The predicted molar refractivity (Wildman–Crippen MR) is 124 cm³/mol. The standard InChI is InChI=1S/C26H34O3Si/c1-25(2,3)30(20-13-8-6-9-14-20,21-15-10-7-11-16-21)29-23-19-27-24(28-23)22-17-12-18-26(22,4)5/h6-11,13-16,19,22,24H,12,17-18H2,1-5H3. The minimum atomic E-state index is -2.69. The minimum Gasteiger partial charge on any atom is -0.507 e. The summed E-state index contributed by atoms with van der Waals surface area (Å²) in [5.41, 5.74) is 0.228. The van der Waals surface area contributed by atoms with Gasteiger partial charge in [0.25, 0.3) is 0 Å². The van der Waals surface area contributed by atoms with Crippen molar-refractivity contribution in [3.8, 4) is 0 Å². The van der Waals surface area contributed by atoms with E-state index in [4.69, 9.17) is 13.9 Å². The molecule has 2 aliphatic rings. The molecule has 1 heterocycles. The Morgan fingerprint density at radius 3 is 1.97 bits per heavy atom. The highest BCUT2D eigenvalue weighted by atomic mass is 28.4. The molecule has 0 aromatic heterocycles. The summed E-state index contributed by atoms with van der Waals surface area (Å²) in [6, 6.07) is 21.3. The molecule has 4 rings (SSSR count). The van der Waals surface area contributed by atoms with E-state index in [-0.39, 0.29) is 16.7 Å². The zero-order chi connectivity index (χ0) is 21.4. The second-order valence-electron chi connectivity index (χ2n) is 10.3. The third-order valence-electron chi connectivity index (χ3n) is 6.87. The largest absolute Gasteiger partial charge is 0.507 e. The van der Waals surface area contributed by atoms with E-state index in [1.807, 2.05) is 0 Å². The molecule has 1 fully saturated rings. The molecule has 3 nitrogen and oxygen atoms in total. The molecular formula is C26H34O3Si. The molecule has 2 aromatic carbocycles. The van der Waals surface area contributed by atoms with Gasteiger partial charge in [0.05, 0.1) is 0 Å². The molecule has 1 aliphatic carbocycles. The fourth-order valence-corrected chi connectivity index (χ4v) is 9.51. The second kappa shape index (κ2) is 7.81. The summed E-state index contributed by atoms with van der Waals surface area (Å²) < 4.78 is 19.3. The van der Waals surface area contributed by atoms with E-state index in [1.54, 1.807) is 6.26 Å². The number of benzene rings is 2. The molecule has 2 aromatic rings. The van der Waals surface area contributed by atoms with Gasteiger partial charge in [-0.15, -0.1) is 0 Å². The highest BCUT2D eigenvalue weighted by molar-refractivity contribution is 6.99. The summed E-state index contributed by atoms with van der Waals surface area (Å²) in [5, 5.41) is 2.36. The monoisotopic (exact) mass is 422 g/mol. The van der Waals surface area contributed by atoms with Gasteiger partial charge in [-0.2, -0.15) is 0 Å². The average molecular weight is 423 g/mol. The van der Waals surface area contributed by atoms with Gasteiger partial charge in [0.15, 0.2) is 6.26 Å². The van der Waals surface area contributed by atoms with Crippen molar-refractivity contribution < 1.29 is 13.9 Å². The maximum atomic E-state index is 6.95. The zero-order valence-electron chi connectivity index (χ0n) is 18.9. The van der Waals surface area contributed by atoms with E-state index in [0.717, 1.165) is 6.42 Å². The Balaban J connectivity index is 1.70. The van der Waals surface area contributed by atoms with Gasteiger partial charge in [0, 0.05) is 5.92 Å². The molecule has 0 bridgehead atoms. The molecule has 1 saturated carbocycles. The predicted octanol–water partition coefficient (Wildman–Crippen LogP) is 5.56. The van der Waals surface area contributed by atoms with Crippen molar-refractivity contribution in [3.05, 3.63) is 72.9 Å². The van der Waals surface area contributed by atoms with Crippen molar-refractivity contribution >= 4 is 18.7 Å². The van der Waals surface area contributed by atoms with Crippen LogP contribution in [0.1, 0.15) is 53.9 Å². The summed E-state index contributed by atoms with van der Waals surface area (Å²) in [5.74, 6) is 0.908. The normalized spacial score (nSPS) is 23.4. The van der Waals surface area contributed by atoms with E-state index in [1.165, 1.54) is 23.2 Å². The Morgan fingerprint density at radius 2 is 1.50 bits per heavy atom. The first-order chi connectivity index (χ1) is 14.2. The number of ether oxygens (including phenoxy) is 2. The van der Waals surface area contributed by atoms with E-state index in [0.29, 0.717) is 11.9 Å². The van der Waals surface area contributed by atoms with Gasteiger partial charge in [-0.25, -0.2) is 0 Å². The lowest BCUT2D eigenvalue weighted by molar-refractivity contribution is -0.114. The summed E-state index contributed by atoms with van der Waals surface area (Å²) in [6.45, 7) is 11.4. The van der Waals surface area contributed by atoms with Gasteiger partial charge in [-0.3, -0.25) is 0 Å². The van der Waals surface area contributed by atoms with E-state index in [9.17, 15) is 0 Å². The summed E-state index contributed by atoms with van der Waals surface area (Å²) in [4.78, 5) is 0. The minimum absolute atomic E-state index is 0.107. The van der Waals surface area contributed by atoms with Crippen molar-refractivity contribution in [1.82, 2.24) is 0 Å². The highest BCUT2D eigenvalue weighted by Gasteiger charge is 2.54. The molecule has 0 amide bonds. The van der Waals surface area contributed by atoms with Crippen LogP contribution in [-0.2, 0) is 13.9 Å². The van der Waals surface area contributed by atoms with E-state index in [2.05, 4.69) is 95.3 Å². The summed E-state index contributed by atoms with van der Waals surface area (Å²) in [6.07, 6.45) is 5.03. The lowest BCUT2D eigenvalue weighted by Gasteiger charge is -2.42. The van der Waals surface area contributed by atoms with Crippen LogP contribution in [-0.4, -0.2) is 14.6 Å². The first kappa shape index (κ1) is 21.0. The fourth-order valence-electron chi connectivity index (χ4n) is 5.18. The van der Waals surface area contributed by atoms with Crippen LogP contribution in [0.15, 0.2) is 72.9 Å². The lowest BCUT2D eigenvalue weighted by Crippen LogP contribution is -2.66. The number of hydrogen-bond donors (Lipinski definition) is 0. The smallest absolute Gasteiger partial charge is 0.324 e. The number of rotatable bonds is 5. The fraction of sp³-hybridized carbons (Fsp3) is 0.462. The van der Waals surface area contributed by atoms with Crippen LogP contribution in [0.4, 0.5) is 0 Å². The SMILES string of the molecule is CC1(C)CCCC1C1OC=C(O[Si](c2ccccc2)(c2ccccc2)C(C)(C)C)O1. The van der Waals surface area contributed by atoms with Crippen LogP contribution in [0.2, 0.25) is 5.04 Å². The van der Waals surface area contributed by atoms with Gasteiger partial charge in [0.2, 0.25) is 6.29 Å². The van der Waals surface area contributed by atoms with Gasteiger partial charge >= 0.3 is 14.3 Å². The van der Waals surface area contributed by atoms with E-state index >= 15 is 0 Å². The average Bonchev–Trinajstić information content (AvgIpc) is 3.31. The van der Waals surface area contributed by atoms with Crippen LogP contribution in [0.25, 0.3) is 0 Å². The topological polar surface area (TPSA) is 27.7 Å². The molecule has 160 valence electrons. The highest BCUT2D eigenvalue weighted by Crippen LogP contribution is 2.47. The van der Waals surface area contributed by atoms with E-state index < -0.39 is 8.32 Å². The third kappa shape index (κ3) is 3.66. The van der Waals surface area contributed by atoms with Crippen molar-refractivity contribution in [1.29, 1.82) is 0 Å². The number of hydrogen-bond acceptors (Lipinski definition) is 3. The van der Waals surface area contributed by atoms with Gasteiger partial charge in [-0.1, -0.05) is 102 Å². The first-order valence-corrected chi connectivity index (χ1v) is 13.0. The van der Waals surface area contributed by atoms with Gasteiger partial charge in [0.1, 0.15) is 0 Å². The Bertz CT molecular complexity index is 844. The van der Waals surface area contributed by atoms with Crippen LogP contribution < -0.4 is 10.4 Å². The second-order valence-corrected chi connectivity index (χ2v) is 14.5. The summed E-state index contributed by atoms with van der Waals surface area (Å²) >= 11 is 0. The molecule has 0 N–H and O–H groups in total. The molecule has 1 aliphatic heterocycles. The maximum absolute atomic E-state index is 6.95. The molecule has 0 saturated heterocycles. The maximum Gasteiger partial charge on any atom is 0.324 e. The molecule has 4 heteroatoms. The van der Waals surface area contributed by atoms with Gasteiger partial charge < -0.3 is 13.9 Å². The van der Waals surface area contributed by atoms with Crippen molar-refractivity contribution in [2.75, 3.05) is 0 Å². The molecule has 30 heavy (non-hydrogen) atoms. The molecule has 0 radical (unpaired) electrons. The van der Waals surface area contributed by atoms with Crippen molar-refractivity contribution in [2.45, 2.75) is 65.2 Å². The Morgan fingerprint density at radius 1 is 0.933 bits per heavy atom. The Kier molecular flexibility index (Phi) is 5.48. The van der Waals surface area contributed by atoms with Crippen LogP contribution in [0.3, 0.4) is 0 Å². The quantitative estimate of drug-likeness (QED) is 0.590. The molecule has 2 atom stereocenters.